The molecule has 1 atom stereocenters. The molecule has 0 unspecified atom stereocenters. The lowest BCUT2D eigenvalue weighted by atomic mass is 10.0. The van der Waals surface area contributed by atoms with E-state index in [1.807, 2.05) is 20.8 Å². The number of rotatable bonds is 4. The Balaban J connectivity index is 1.90. The van der Waals surface area contributed by atoms with E-state index < -0.39 is 5.56 Å². The van der Waals surface area contributed by atoms with Crippen molar-refractivity contribution in [3.63, 3.8) is 0 Å². The maximum absolute atomic E-state index is 13.1. The van der Waals surface area contributed by atoms with Gasteiger partial charge in [-0.05, 0) is 30.5 Å². The molecule has 3 heterocycles. The zero-order chi connectivity index (χ0) is 20.9. The second-order valence-electron chi connectivity index (χ2n) is 7.72. The Morgan fingerprint density at radius 3 is 2.55 bits per heavy atom. The van der Waals surface area contributed by atoms with Crippen molar-refractivity contribution in [3.8, 4) is 5.75 Å². The van der Waals surface area contributed by atoms with Crippen LogP contribution in [0.3, 0.4) is 0 Å². The fourth-order valence-electron chi connectivity index (χ4n) is 3.98. The van der Waals surface area contributed by atoms with Crippen molar-refractivity contribution in [2.75, 3.05) is 13.1 Å². The van der Waals surface area contributed by atoms with E-state index in [1.54, 1.807) is 21.6 Å². The molecule has 3 aromatic rings. The molecule has 2 aromatic heterocycles. The topological polar surface area (TPSA) is 80.4 Å². The van der Waals surface area contributed by atoms with Crippen LogP contribution in [-0.4, -0.2) is 43.4 Å². The number of hydrogen-bond donors (Lipinski definition) is 1. The van der Waals surface area contributed by atoms with Gasteiger partial charge in [0.1, 0.15) is 11.2 Å². The third-order valence-electron chi connectivity index (χ3n) is 5.61. The van der Waals surface area contributed by atoms with E-state index in [0.29, 0.717) is 24.2 Å². The molecule has 0 aliphatic carbocycles. The largest absolute Gasteiger partial charge is 0.505 e. The first-order valence-corrected chi connectivity index (χ1v) is 9.70. The van der Waals surface area contributed by atoms with Crippen LogP contribution < -0.4 is 5.56 Å². The minimum atomic E-state index is -0.482. The van der Waals surface area contributed by atoms with Gasteiger partial charge in [-0.1, -0.05) is 26.0 Å². The Labute approximate surface area is 167 Å². The van der Waals surface area contributed by atoms with Gasteiger partial charge in [0.25, 0.3) is 11.5 Å². The van der Waals surface area contributed by atoms with Crippen LogP contribution in [0.1, 0.15) is 42.9 Å². The number of halogens is 1. The summed E-state index contributed by atoms with van der Waals surface area (Å²) in [6.45, 7) is 7.16. The highest BCUT2D eigenvalue weighted by atomic mass is 19.1. The number of aromatic hydroxyl groups is 1. The Hall–Kier alpha value is -3.16. The first kappa shape index (κ1) is 19.2. The highest BCUT2D eigenvalue weighted by Gasteiger charge is 2.37. The summed E-state index contributed by atoms with van der Waals surface area (Å²) in [6, 6.07) is 5.73. The monoisotopic (exact) mass is 398 g/mol. The second kappa shape index (κ2) is 7.02. The molecular weight excluding hydrogens is 375 g/mol. The van der Waals surface area contributed by atoms with Crippen LogP contribution in [0.4, 0.5) is 4.39 Å². The third-order valence-corrected chi connectivity index (χ3v) is 5.61. The predicted molar refractivity (Wildman–Crippen MR) is 107 cm³/mol. The Morgan fingerprint density at radius 2 is 1.93 bits per heavy atom. The van der Waals surface area contributed by atoms with Gasteiger partial charge in [0.2, 0.25) is 0 Å². The lowest BCUT2D eigenvalue weighted by molar-refractivity contribution is 0.0654. The normalized spacial score (nSPS) is 16.7. The highest BCUT2D eigenvalue weighted by molar-refractivity contribution is 6.04. The van der Waals surface area contributed by atoms with Gasteiger partial charge >= 0.3 is 0 Å². The predicted octanol–water partition coefficient (Wildman–Crippen LogP) is 2.76. The van der Waals surface area contributed by atoms with Gasteiger partial charge in [-0.2, -0.15) is 5.10 Å². The van der Waals surface area contributed by atoms with Crippen LogP contribution >= 0.6 is 0 Å². The van der Waals surface area contributed by atoms with Gasteiger partial charge in [0.05, 0.1) is 24.3 Å². The van der Waals surface area contributed by atoms with Gasteiger partial charge in [-0.3, -0.25) is 9.59 Å². The molecule has 0 radical (unpaired) electrons. The van der Waals surface area contributed by atoms with Crippen LogP contribution in [0.25, 0.3) is 10.9 Å². The smallest absolute Gasteiger partial charge is 0.280 e. The number of nitrogens with zero attached hydrogens (tertiary/aromatic N) is 4. The summed E-state index contributed by atoms with van der Waals surface area (Å²) in [7, 11) is 0. The summed E-state index contributed by atoms with van der Waals surface area (Å²) in [6.07, 6.45) is 1.52. The molecule has 8 heteroatoms. The lowest BCUT2D eigenvalue weighted by Crippen LogP contribution is -2.44. The number of carbonyl (C=O) groups excluding carboxylic acids is 1. The standard InChI is InChI=1S/C21H23FN4O3/c1-4-24-11-16(12(2)3)26-15-9-23-25(10-13-5-7-14(22)8-6-13)20(28)17(15)19(27)18(26)21(24)29/h5-9,12,16,27H,4,10-11H2,1-3H3/t16-/m1/s1. The maximum atomic E-state index is 13.1. The third kappa shape index (κ3) is 2.99. The lowest BCUT2D eigenvalue weighted by Gasteiger charge is -2.36. The van der Waals surface area contributed by atoms with E-state index in [1.165, 1.54) is 23.0 Å². The molecule has 0 saturated carbocycles. The Morgan fingerprint density at radius 1 is 1.24 bits per heavy atom. The minimum absolute atomic E-state index is 0.0693. The van der Waals surface area contributed by atoms with Crippen molar-refractivity contribution in [1.29, 1.82) is 0 Å². The van der Waals surface area contributed by atoms with Crippen molar-refractivity contribution in [2.45, 2.75) is 33.4 Å². The number of amides is 1. The molecule has 0 spiro atoms. The Kier molecular flexibility index (Phi) is 4.64. The number of fused-ring (bicyclic) bond motifs is 3. The van der Waals surface area contributed by atoms with Gasteiger partial charge in [-0.15, -0.1) is 0 Å². The molecule has 1 amide bonds. The molecule has 1 aliphatic rings. The number of aromatic nitrogens is 3. The van der Waals surface area contributed by atoms with Gasteiger partial charge < -0.3 is 14.6 Å². The first-order valence-electron chi connectivity index (χ1n) is 9.70. The fourth-order valence-corrected chi connectivity index (χ4v) is 3.98. The van der Waals surface area contributed by atoms with E-state index in [4.69, 9.17) is 0 Å². The average molecular weight is 398 g/mol. The Bertz CT molecular complexity index is 1150. The van der Waals surface area contributed by atoms with Crippen LogP contribution in [-0.2, 0) is 6.54 Å². The van der Waals surface area contributed by atoms with E-state index >= 15 is 0 Å². The van der Waals surface area contributed by atoms with E-state index in [9.17, 15) is 19.1 Å². The molecule has 0 fully saturated rings. The van der Waals surface area contributed by atoms with Crippen LogP contribution in [0.15, 0.2) is 35.3 Å². The van der Waals surface area contributed by atoms with Gasteiger partial charge in [-0.25, -0.2) is 9.07 Å². The summed E-state index contributed by atoms with van der Waals surface area (Å²) < 4.78 is 16.1. The molecule has 1 aromatic carbocycles. The summed E-state index contributed by atoms with van der Waals surface area (Å²) in [5.41, 5.74) is 0.826. The van der Waals surface area contributed by atoms with Crippen LogP contribution in [0, 0.1) is 11.7 Å². The number of benzene rings is 1. The summed E-state index contributed by atoms with van der Waals surface area (Å²) in [5, 5.41) is 15.2. The molecule has 0 bridgehead atoms. The van der Waals surface area contributed by atoms with Gasteiger partial charge in [0, 0.05) is 13.1 Å². The molecule has 7 nitrogen and oxygen atoms in total. The molecule has 152 valence electrons. The first-order chi connectivity index (χ1) is 13.8. The van der Waals surface area contributed by atoms with Crippen molar-refractivity contribution in [3.05, 3.63) is 57.9 Å². The molecule has 4 rings (SSSR count). The average Bonchev–Trinajstić information content (AvgIpc) is 2.99. The van der Waals surface area contributed by atoms with Crippen molar-refractivity contribution in [1.82, 2.24) is 19.2 Å². The zero-order valence-corrected chi connectivity index (χ0v) is 16.6. The second-order valence-corrected chi connectivity index (χ2v) is 7.72. The molecule has 1 N–H and O–H groups in total. The number of likely N-dealkylation sites (N-methyl/N-ethyl adjacent to an activating group) is 1. The SMILES string of the molecule is CCN1C[C@H](C(C)C)n2c(c(O)c3c(=O)n(Cc4ccc(F)cc4)ncc32)C1=O. The quantitative estimate of drug-likeness (QED) is 0.733. The highest BCUT2D eigenvalue weighted by Crippen LogP contribution is 2.38. The van der Waals surface area contributed by atoms with Crippen LogP contribution in [0.5, 0.6) is 5.75 Å². The number of carbonyl (C=O) groups is 1. The number of hydrogen-bond acceptors (Lipinski definition) is 4. The summed E-state index contributed by atoms with van der Waals surface area (Å²) in [5.74, 6) is -0.759. The summed E-state index contributed by atoms with van der Waals surface area (Å²) >= 11 is 0. The van der Waals surface area contributed by atoms with Crippen molar-refractivity contribution in [2.24, 2.45) is 5.92 Å². The maximum Gasteiger partial charge on any atom is 0.280 e. The van der Waals surface area contributed by atoms with Crippen molar-refractivity contribution < 1.29 is 14.3 Å². The minimum Gasteiger partial charge on any atom is -0.505 e. The fraction of sp³-hybridized carbons (Fsp3) is 0.381. The van der Waals surface area contributed by atoms with Gasteiger partial charge in [0.15, 0.2) is 11.4 Å². The molecule has 29 heavy (non-hydrogen) atoms. The molecule has 0 saturated heterocycles. The van der Waals surface area contributed by atoms with E-state index in [2.05, 4.69) is 5.10 Å². The van der Waals surface area contributed by atoms with Crippen molar-refractivity contribution >= 4 is 16.8 Å². The van der Waals surface area contributed by atoms with Crippen LogP contribution in [0.2, 0.25) is 0 Å². The van der Waals surface area contributed by atoms with E-state index in [-0.39, 0.29) is 47.1 Å². The zero-order valence-electron chi connectivity index (χ0n) is 16.6. The van der Waals surface area contributed by atoms with E-state index in [0.717, 1.165) is 0 Å². The molecule has 1 aliphatic heterocycles. The summed E-state index contributed by atoms with van der Waals surface area (Å²) in [4.78, 5) is 27.7. The molecular formula is C21H23FN4O3.